The summed E-state index contributed by atoms with van der Waals surface area (Å²) in [6.45, 7) is 2.03. The summed E-state index contributed by atoms with van der Waals surface area (Å²) in [5.74, 6) is 1.23. The van der Waals surface area contributed by atoms with E-state index in [1.165, 1.54) is 0 Å². The van der Waals surface area contributed by atoms with Crippen LogP contribution in [-0.2, 0) is 0 Å². The maximum atomic E-state index is 9.23. The van der Waals surface area contributed by atoms with Crippen LogP contribution in [0.5, 0.6) is 11.6 Å². The molecule has 1 aliphatic rings. The minimum atomic E-state index is -0.0291. The van der Waals surface area contributed by atoms with Crippen molar-refractivity contribution in [3.8, 4) is 17.7 Å². The van der Waals surface area contributed by atoms with Crippen LogP contribution in [0.25, 0.3) is 10.8 Å². The molecule has 23 heavy (non-hydrogen) atoms. The Bertz CT molecular complexity index is 1000. The maximum Gasteiger partial charge on any atom is 0.227 e. The number of nitrogen functional groups attached to an aromatic ring is 2. The Labute approximate surface area is 133 Å². The number of ether oxygens (including phenoxy) is 1. The zero-order valence-electron chi connectivity index (χ0n) is 12.5. The van der Waals surface area contributed by atoms with Crippen molar-refractivity contribution in [2.24, 2.45) is 0 Å². The average molecular weight is 302 g/mol. The van der Waals surface area contributed by atoms with Gasteiger partial charge in [0, 0.05) is 22.4 Å². The third-order valence-electron chi connectivity index (χ3n) is 4.39. The van der Waals surface area contributed by atoms with E-state index in [1.54, 1.807) is 0 Å². The van der Waals surface area contributed by atoms with E-state index >= 15 is 0 Å². The quantitative estimate of drug-likeness (QED) is 0.662. The summed E-state index contributed by atoms with van der Waals surface area (Å²) >= 11 is 0. The Morgan fingerprint density at radius 3 is 2.74 bits per heavy atom. The molecule has 0 fully saturated rings. The van der Waals surface area contributed by atoms with Crippen molar-refractivity contribution in [2.45, 2.75) is 12.8 Å². The number of rotatable bonds is 0. The number of pyridine rings is 1. The predicted octanol–water partition coefficient (Wildman–Crippen LogP) is 3.53. The Hall–Kier alpha value is -3.26. The van der Waals surface area contributed by atoms with E-state index in [4.69, 9.17) is 16.2 Å². The Morgan fingerprint density at radius 2 is 1.96 bits per heavy atom. The minimum Gasteiger partial charge on any atom is -0.438 e. The van der Waals surface area contributed by atoms with Crippen LogP contribution >= 0.6 is 0 Å². The molecule has 0 saturated carbocycles. The standard InChI is InChI=1S/C18H14N4O/c1-9-11-7-6-10-4-2-3-5-12(10)16(11)23-18-14(9)15(20)13(8-19)17(21)22-18/h2-7,9H,1H3,(H4,20,21,22). The van der Waals surface area contributed by atoms with E-state index in [1.807, 2.05) is 43.3 Å². The molecule has 1 aromatic heterocycles. The van der Waals surface area contributed by atoms with E-state index in [0.29, 0.717) is 11.6 Å². The van der Waals surface area contributed by atoms with Gasteiger partial charge in [0.2, 0.25) is 5.88 Å². The molecular formula is C18H14N4O. The first-order valence-electron chi connectivity index (χ1n) is 7.30. The van der Waals surface area contributed by atoms with Gasteiger partial charge in [-0.1, -0.05) is 43.3 Å². The molecule has 0 bridgehead atoms. The zero-order valence-corrected chi connectivity index (χ0v) is 12.5. The fourth-order valence-corrected chi connectivity index (χ4v) is 3.19. The number of nitrogens with zero attached hydrogens (tertiary/aromatic N) is 2. The van der Waals surface area contributed by atoms with E-state index < -0.39 is 0 Å². The normalized spacial score (nSPS) is 15.4. The van der Waals surface area contributed by atoms with Crippen LogP contribution in [0, 0.1) is 11.3 Å². The Balaban J connectivity index is 2.02. The largest absolute Gasteiger partial charge is 0.438 e. The van der Waals surface area contributed by atoms with E-state index in [9.17, 15) is 5.26 Å². The molecule has 2 aromatic carbocycles. The molecule has 3 aromatic rings. The van der Waals surface area contributed by atoms with Gasteiger partial charge in [-0.25, -0.2) is 0 Å². The highest BCUT2D eigenvalue weighted by Gasteiger charge is 2.30. The summed E-state index contributed by atoms with van der Waals surface area (Å²) in [6, 6.07) is 14.1. The number of hydrogen-bond donors (Lipinski definition) is 2. The lowest BCUT2D eigenvalue weighted by atomic mass is 9.87. The van der Waals surface area contributed by atoms with E-state index in [0.717, 1.165) is 27.6 Å². The molecule has 5 heteroatoms. The van der Waals surface area contributed by atoms with Crippen LogP contribution in [-0.4, -0.2) is 4.98 Å². The summed E-state index contributed by atoms with van der Waals surface area (Å²) < 4.78 is 6.04. The predicted molar refractivity (Wildman–Crippen MR) is 89.3 cm³/mol. The topological polar surface area (TPSA) is 98.0 Å². The number of aromatic nitrogens is 1. The minimum absolute atomic E-state index is 0.0291. The van der Waals surface area contributed by atoms with Gasteiger partial charge >= 0.3 is 0 Å². The van der Waals surface area contributed by atoms with Gasteiger partial charge < -0.3 is 16.2 Å². The molecule has 4 N–H and O–H groups in total. The van der Waals surface area contributed by atoms with Crippen molar-refractivity contribution in [3.63, 3.8) is 0 Å². The molecule has 0 spiro atoms. The third kappa shape index (κ3) is 1.75. The van der Waals surface area contributed by atoms with Gasteiger partial charge in [-0.3, -0.25) is 0 Å². The van der Waals surface area contributed by atoms with Crippen molar-refractivity contribution in [1.82, 2.24) is 4.98 Å². The Kier molecular flexibility index (Phi) is 2.69. The first-order chi connectivity index (χ1) is 11.1. The molecule has 0 aliphatic carbocycles. The van der Waals surface area contributed by atoms with Gasteiger partial charge in [-0.05, 0) is 5.39 Å². The van der Waals surface area contributed by atoms with Crippen molar-refractivity contribution in [2.75, 3.05) is 11.5 Å². The highest BCUT2D eigenvalue weighted by atomic mass is 16.5. The van der Waals surface area contributed by atoms with Gasteiger partial charge in [0.05, 0.1) is 5.69 Å². The van der Waals surface area contributed by atoms with Crippen LogP contribution in [0.1, 0.15) is 29.5 Å². The zero-order chi connectivity index (χ0) is 16.1. The smallest absolute Gasteiger partial charge is 0.227 e. The van der Waals surface area contributed by atoms with Crippen LogP contribution < -0.4 is 16.2 Å². The number of nitriles is 1. The number of fused-ring (bicyclic) bond motifs is 4. The summed E-state index contributed by atoms with van der Waals surface area (Å²) in [6.07, 6.45) is 0. The lowest BCUT2D eigenvalue weighted by molar-refractivity contribution is 0.437. The average Bonchev–Trinajstić information content (AvgIpc) is 2.54. The second-order valence-corrected chi connectivity index (χ2v) is 5.65. The lowest BCUT2D eigenvalue weighted by Crippen LogP contribution is -2.14. The van der Waals surface area contributed by atoms with Crippen LogP contribution in [0.3, 0.4) is 0 Å². The van der Waals surface area contributed by atoms with Gasteiger partial charge in [0.25, 0.3) is 0 Å². The van der Waals surface area contributed by atoms with Crippen LogP contribution in [0.15, 0.2) is 36.4 Å². The molecule has 5 nitrogen and oxygen atoms in total. The molecule has 1 unspecified atom stereocenters. The van der Waals surface area contributed by atoms with Crippen molar-refractivity contribution in [1.29, 1.82) is 5.26 Å². The first kappa shape index (κ1) is 13.4. The van der Waals surface area contributed by atoms with Gasteiger partial charge in [-0.2, -0.15) is 10.2 Å². The summed E-state index contributed by atoms with van der Waals surface area (Å²) in [5, 5.41) is 11.3. The third-order valence-corrected chi connectivity index (χ3v) is 4.39. The van der Waals surface area contributed by atoms with Crippen molar-refractivity contribution < 1.29 is 4.74 Å². The number of anilines is 2. The summed E-state index contributed by atoms with van der Waals surface area (Å²) in [5.41, 5.74) is 14.3. The second-order valence-electron chi connectivity index (χ2n) is 5.65. The first-order valence-corrected chi connectivity index (χ1v) is 7.30. The Morgan fingerprint density at radius 1 is 1.17 bits per heavy atom. The molecule has 1 atom stereocenters. The molecule has 112 valence electrons. The highest BCUT2D eigenvalue weighted by molar-refractivity contribution is 5.91. The van der Waals surface area contributed by atoms with E-state index in [-0.39, 0.29) is 17.3 Å². The van der Waals surface area contributed by atoms with E-state index in [2.05, 4.69) is 11.1 Å². The monoisotopic (exact) mass is 302 g/mol. The SMILES string of the molecule is CC1c2ccc3ccccc3c2Oc2nc(N)c(C#N)c(N)c21. The highest BCUT2D eigenvalue weighted by Crippen LogP contribution is 2.49. The molecule has 0 saturated heterocycles. The molecule has 1 aliphatic heterocycles. The molecule has 2 heterocycles. The van der Waals surface area contributed by atoms with Crippen LogP contribution in [0.4, 0.5) is 11.5 Å². The van der Waals surface area contributed by atoms with Crippen molar-refractivity contribution in [3.05, 3.63) is 53.1 Å². The molecule has 0 amide bonds. The van der Waals surface area contributed by atoms with Gasteiger partial charge in [0.1, 0.15) is 23.2 Å². The van der Waals surface area contributed by atoms with Crippen molar-refractivity contribution >= 4 is 22.3 Å². The van der Waals surface area contributed by atoms with Gasteiger partial charge in [0.15, 0.2) is 0 Å². The number of benzene rings is 2. The molecule has 4 rings (SSSR count). The fourth-order valence-electron chi connectivity index (χ4n) is 3.19. The lowest BCUT2D eigenvalue weighted by Gasteiger charge is -2.27. The fraction of sp³-hybridized carbons (Fsp3) is 0.111. The molecular weight excluding hydrogens is 288 g/mol. The van der Waals surface area contributed by atoms with Gasteiger partial charge in [-0.15, -0.1) is 0 Å². The summed E-state index contributed by atoms with van der Waals surface area (Å²) in [7, 11) is 0. The summed E-state index contributed by atoms with van der Waals surface area (Å²) in [4.78, 5) is 4.25. The van der Waals surface area contributed by atoms with Crippen LogP contribution in [0.2, 0.25) is 0 Å². The number of nitrogens with two attached hydrogens (primary N) is 2. The second kappa shape index (κ2) is 4.62. The number of hydrogen-bond acceptors (Lipinski definition) is 5. The maximum absolute atomic E-state index is 9.23. The molecule has 0 radical (unpaired) electrons.